The molecule has 0 saturated carbocycles. The number of hydrogen-bond acceptors (Lipinski definition) is 4. The van der Waals surface area contributed by atoms with E-state index in [1.165, 1.54) is 4.90 Å². The zero-order valence-corrected chi connectivity index (χ0v) is 15.1. The number of carbonyl (C=O) groups excluding carboxylic acids is 2. The van der Waals surface area contributed by atoms with E-state index in [1.807, 2.05) is 13.0 Å². The molecule has 0 saturated heterocycles. The lowest BCUT2D eigenvalue weighted by molar-refractivity contribution is -0.161. The fraction of sp³-hybridized carbons (Fsp3) is 0.263. The minimum absolute atomic E-state index is 0.299. The number of benzene rings is 2. The lowest BCUT2D eigenvalue weighted by Gasteiger charge is -2.21. The Morgan fingerprint density at radius 3 is 2.40 bits per heavy atom. The lowest BCUT2D eigenvalue weighted by Crippen LogP contribution is -2.32. The summed E-state index contributed by atoms with van der Waals surface area (Å²) in [5, 5.41) is 0.591. The fourth-order valence-electron chi connectivity index (χ4n) is 2.20. The molecule has 132 valence electrons. The molecule has 0 aliphatic rings. The maximum Gasteiger partial charge on any atom is 0.345 e. The van der Waals surface area contributed by atoms with Gasteiger partial charge in [-0.15, -0.1) is 0 Å². The number of amides is 1. The summed E-state index contributed by atoms with van der Waals surface area (Å²) in [4.78, 5) is 25.9. The number of nitrogens with zero attached hydrogens (tertiary/aromatic N) is 1. The Hall–Kier alpha value is -2.53. The highest BCUT2D eigenvalue weighted by Crippen LogP contribution is 2.23. The van der Waals surface area contributed by atoms with Gasteiger partial charge in [0.05, 0.1) is 0 Å². The average Bonchev–Trinajstić information content (AvgIpc) is 2.59. The third kappa shape index (κ3) is 5.22. The first kappa shape index (κ1) is 18.8. The van der Waals surface area contributed by atoms with E-state index in [2.05, 4.69) is 0 Å². The smallest absolute Gasteiger partial charge is 0.345 e. The van der Waals surface area contributed by atoms with Crippen LogP contribution in [0.3, 0.4) is 0 Å². The molecule has 0 aliphatic heterocycles. The molecule has 0 radical (unpaired) electrons. The second kappa shape index (κ2) is 8.53. The minimum atomic E-state index is -1.00. The van der Waals surface area contributed by atoms with E-state index in [1.54, 1.807) is 56.6 Å². The summed E-state index contributed by atoms with van der Waals surface area (Å²) >= 11 is 5.89. The summed E-state index contributed by atoms with van der Waals surface area (Å²) in [7, 11) is 3.22. The molecule has 0 heterocycles. The molecule has 1 amide bonds. The van der Waals surface area contributed by atoms with Crippen LogP contribution in [0.25, 0.3) is 0 Å². The Balaban J connectivity index is 2.05. The van der Waals surface area contributed by atoms with Gasteiger partial charge in [-0.25, -0.2) is 4.79 Å². The van der Waals surface area contributed by atoms with Gasteiger partial charge in [-0.05, 0) is 30.7 Å². The Morgan fingerprint density at radius 2 is 1.80 bits per heavy atom. The molecule has 25 heavy (non-hydrogen) atoms. The van der Waals surface area contributed by atoms with Crippen molar-refractivity contribution in [3.63, 3.8) is 0 Å². The predicted molar refractivity (Wildman–Crippen MR) is 95.7 cm³/mol. The average molecular weight is 362 g/mol. The van der Waals surface area contributed by atoms with Crippen LogP contribution in [0.15, 0.2) is 48.5 Å². The topological polar surface area (TPSA) is 55.8 Å². The summed E-state index contributed by atoms with van der Waals surface area (Å²) in [6.07, 6.45) is -1.00. The van der Waals surface area contributed by atoms with Crippen LogP contribution in [0.2, 0.25) is 5.02 Å². The van der Waals surface area contributed by atoms with E-state index in [0.29, 0.717) is 16.3 Å². The van der Waals surface area contributed by atoms with E-state index >= 15 is 0 Å². The van der Waals surface area contributed by atoms with Gasteiger partial charge >= 0.3 is 5.97 Å². The van der Waals surface area contributed by atoms with E-state index in [0.717, 1.165) is 5.56 Å². The van der Waals surface area contributed by atoms with Crippen molar-refractivity contribution < 1.29 is 19.1 Å². The van der Waals surface area contributed by atoms with Gasteiger partial charge in [-0.2, -0.15) is 0 Å². The van der Waals surface area contributed by atoms with Crippen LogP contribution in [0.5, 0.6) is 5.75 Å². The van der Waals surface area contributed by atoms with E-state index in [-0.39, 0.29) is 12.5 Å². The maximum absolute atomic E-state index is 12.3. The summed E-state index contributed by atoms with van der Waals surface area (Å²) in [5.74, 6) is -0.405. The largest absolute Gasteiger partial charge is 0.482 e. The zero-order valence-electron chi connectivity index (χ0n) is 14.4. The summed E-state index contributed by atoms with van der Waals surface area (Å²) in [6, 6.07) is 14.0. The number of rotatable bonds is 6. The van der Waals surface area contributed by atoms with Gasteiger partial charge in [0.2, 0.25) is 6.10 Å². The fourth-order valence-corrected chi connectivity index (χ4v) is 2.43. The molecular weight excluding hydrogens is 342 g/mol. The number of hydrogen-bond donors (Lipinski definition) is 0. The number of aryl methyl sites for hydroxylation is 1. The first-order valence-corrected chi connectivity index (χ1v) is 8.11. The number of halogens is 1. The van der Waals surface area contributed by atoms with Gasteiger partial charge in [0.15, 0.2) is 6.61 Å². The molecule has 2 aromatic carbocycles. The Labute approximate surface area is 152 Å². The van der Waals surface area contributed by atoms with Gasteiger partial charge in [0.1, 0.15) is 5.75 Å². The lowest BCUT2D eigenvalue weighted by atomic mass is 10.1. The number of likely N-dealkylation sites (N-methyl/N-ethyl adjacent to an activating group) is 1. The van der Waals surface area contributed by atoms with Gasteiger partial charge < -0.3 is 14.4 Å². The van der Waals surface area contributed by atoms with Crippen molar-refractivity contribution in [3.05, 3.63) is 64.7 Å². The van der Waals surface area contributed by atoms with E-state index < -0.39 is 12.1 Å². The molecule has 0 bridgehead atoms. The standard InChI is InChI=1S/C19H20ClNO4/c1-13-11-15(20)9-10-16(13)24-12-17(22)25-18(19(23)21(2)3)14-7-5-4-6-8-14/h4-11,18H,12H2,1-3H3/t18-/m1/s1. The quantitative estimate of drug-likeness (QED) is 0.740. The molecule has 0 aliphatic carbocycles. The third-order valence-corrected chi connectivity index (χ3v) is 3.73. The van der Waals surface area contributed by atoms with Crippen molar-refractivity contribution >= 4 is 23.5 Å². The van der Waals surface area contributed by atoms with Crippen LogP contribution in [0.4, 0.5) is 0 Å². The van der Waals surface area contributed by atoms with E-state index in [4.69, 9.17) is 21.1 Å². The first-order chi connectivity index (χ1) is 11.9. The van der Waals surface area contributed by atoms with Crippen LogP contribution in [-0.2, 0) is 14.3 Å². The highest BCUT2D eigenvalue weighted by atomic mass is 35.5. The van der Waals surface area contributed by atoms with Crippen LogP contribution >= 0.6 is 11.6 Å². The molecule has 5 nitrogen and oxygen atoms in total. The maximum atomic E-state index is 12.3. The zero-order chi connectivity index (χ0) is 18.4. The Bertz CT molecular complexity index is 746. The van der Waals surface area contributed by atoms with Gasteiger partial charge in [0, 0.05) is 24.7 Å². The third-order valence-electron chi connectivity index (χ3n) is 3.50. The van der Waals surface area contributed by atoms with Crippen molar-refractivity contribution in [3.8, 4) is 5.75 Å². The van der Waals surface area contributed by atoms with Crippen LogP contribution in [-0.4, -0.2) is 37.5 Å². The molecule has 0 fully saturated rings. The number of carbonyl (C=O) groups is 2. The molecule has 2 aromatic rings. The molecule has 6 heteroatoms. The Kier molecular flexibility index (Phi) is 6.42. The minimum Gasteiger partial charge on any atom is -0.482 e. The number of ether oxygens (including phenoxy) is 2. The second-order valence-corrected chi connectivity index (χ2v) is 6.15. The first-order valence-electron chi connectivity index (χ1n) is 7.73. The summed E-state index contributed by atoms with van der Waals surface area (Å²) in [6.45, 7) is 1.53. The SMILES string of the molecule is Cc1cc(Cl)ccc1OCC(=O)O[C@@H](C(=O)N(C)C)c1ccccc1. The van der Waals surface area contributed by atoms with Crippen molar-refractivity contribution in [1.82, 2.24) is 4.90 Å². The van der Waals surface area contributed by atoms with Crippen molar-refractivity contribution in [2.75, 3.05) is 20.7 Å². The van der Waals surface area contributed by atoms with Crippen LogP contribution in [0, 0.1) is 6.92 Å². The normalized spacial score (nSPS) is 11.5. The van der Waals surface area contributed by atoms with E-state index in [9.17, 15) is 9.59 Å². The summed E-state index contributed by atoms with van der Waals surface area (Å²) in [5.41, 5.74) is 1.42. The second-order valence-electron chi connectivity index (χ2n) is 5.71. The van der Waals surface area contributed by atoms with Gasteiger partial charge in [-0.3, -0.25) is 4.79 Å². The summed E-state index contributed by atoms with van der Waals surface area (Å²) < 4.78 is 10.8. The highest BCUT2D eigenvalue weighted by Gasteiger charge is 2.26. The molecule has 1 atom stereocenters. The molecule has 0 N–H and O–H groups in total. The van der Waals surface area contributed by atoms with Crippen molar-refractivity contribution in [2.24, 2.45) is 0 Å². The monoisotopic (exact) mass is 361 g/mol. The van der Waals surface area contributed by atoms with Gasteiger partial charge in [-0.1, -0.05) is 41.9 Å². The molecule has 0 aromatic heterocycles. The molecule has 0 spiro atoms. The molecule has 0 unspecified atom stereocenters. The predicted octanol–water partition coefficient (Wildman–Crippen LogP) is 3.40. The highest BCUT2D eigenvalue weighted by molar-refractivity contribution is 6.30. The van der Waals surface area contributed by atoms with Gasteiger partial charge in [0.25, 0.3) is 5.91 Å². The molecule has 2 rings (SSSR count). The Morgan fingerprint density at radius 1 is 1.12 bits per heavy atom. The van der Waals surface area contributed by atoms with Crippen molar-refractivity contribution in [1.29, 1.82) is 0 Å². The van der Waals surface area contributed by atoms with Crippen LogP contribution in [0.1, 0.15) is 17.2 Å². The number of esters is 1. The van der Waals surface area contributed by atoms with Crippen LogP contribution < -0.4 is 4.74 Å². The van der Waals surface area contributed by atoms with Crippen molar-refractivity contribution in [2.45, 2.75) is 13.0 Å². The molecular formula is C19H20ClNO4.